The molecule has 6 heteroatoms. The fraction of sp³-hybridized carbons (Fsp3) is 0.300. The fourth-order valence-corrected chi connectivity index (χ4v) is 5.33. The molecule has 1 unspecified atom stereocenters. The van der Waals surface area contributed by atoms with Crippen LogP contribution in [0.3, 0.4) is 0 Å². The van der Waals surface area contributed by atoms with E-state index in [1.807, 2.05) is 48.2 Å². The van der Waals surface area contributed by atoms with Crippen LogP contribution < -0.4 is 4.90 Å². The molecule has 1 amide bonds. The molecule has 36 heavy (non-hydrogen) atoms. The van der Waals surface area contributed by atoms with Crippen LogP contribution in [-0.2, 0) is 0 Å². The van der Waals surface area contributed by atoms with Crippen molar-refractivity contribution in [2.45, 2.75) is 32.4 Å². The summed E-state index contributed by atoms with van der Waals surface area (Å²) in [5.41, 5.74) is 4.69. The molecule has 2 aliphatic heterocycles. The molecule has 3 aromatic carbocycles. The van der Waals surface area contributed by atoms with Crippen molar-refractivity contribution in [2.75, 3.05) is 31.1 Å². The topological polar surface area (TPSA) is 26.8 Å². The van der Waals surface area contributed by atoms with Gasteiger partial charge in [0.15, 0.2) is 0 Å². The van der Waals surface area contributed by atoms with Crippen LogP contribution >= 0.6 is 0 Å². The van der Waals surface area contributed by atoms with Crippen LogP contribution in [0.25, 0.3) is 6.08 Å². The van der Waals surface area contributed by atoms with Gasteiger partial charge in [0.25, 0.3) is 5.91 Å². The SMILES string of the molecule is CC[C@H]1CN(C(C)c2cc(F)cc(F)c2)CCN1C(=O)c1ccc(N2CC=Cc3ccccc32)cc1. The Hall–Kier alpha value is -3.51. The number of anilines is 2. The van der Waals surface area contributed by atoms with E-state index in [0.29, 0.717) is 30.8 Å². The van der Waals surface area contributed by atoms with Gasteiger partial charge in [-0.05, 0) is 66.9 Å². The molecule has 3 aromatic rings. The minimum Gasteiger partial charge on any atom is -0.337 e. The Balaban J connectivity index is 1.29. The van der Waals surface area contributed by atoms with E-state index in [1.165, 1.54) is 17.7 Å². The molecule has 0 N–H and O–H groups in total. The number of carbonyl (C=O) groups excluding carboxylic acids is 1. The average Bonchev–Trinajstić information content (AvgIpc) is 2.91. The first-order valence-electron chi connectivity index (χ1n) is 12.6. The van der Waals surface area contributed by atoms with Crippen molar-refractivity contribution in [1.82, 2.24) is 9.80 Å². The second-order valence-corrected chi connectivity index (χ2v) is 9.55. The van der Waals surface area contributed by atoms with Crippen LogP contribution in [0, 0.1) is 11.6 Å². The summed E-state index contributed by atoms with van der Waals surface area (Å²) >= 11 is 0. The summed E-state index contributed by atoms with van der Waals surface area (Å²) in [4.78, 5) is 19.9. The van der Waals surface area contributed by atoms with Gasteiger partial charge in [0, 0.05) is 61.3 Å². The molecule has 5 rings (SSSR count). The third kappa shape index (κ3) is 4.78. The minimum atomic E-state index is -0.565. The van der Waals surface area contributed by atoms with Crippen molar-refractivity contribution in [3.8, 4) is 0 Å². The molecule has 4 nitrogen and oxygen atoms in total. The number of nitrogens with zero attached hydrogens (tertiary/aromatic N) is 3. The Morgan fingerprint density at radius 2 is 1.72 bits per heavy atom. The Morgan fingerprint density at radius 1 is 1.00 bits per heavy atom. The van der Waals surface area contributed by atoms with E-state index in [2.05, 4.69) is 41.0 Å². The molecule has 0 bridgehead atoms. The lowest BCUT2D eigenvalue weighted by Crippen LogP contribution is -2.55. The van der Waals surface area contributed by atoms with Gasteiger partial charge in [0.05, 0.1) is 0 Å². The smallest absolute Gasteiger partial charge is 0.254 e. The number of halogens is 2. The van der Waals surface area contributed by atoms with E-state index in [1.54, 1.807) is 0 Å². The van der Waals surface area contributed by atoms with E-state index in [-0.39, 0.29) is 18.0 Å². The van der Waals surface area contributed by atoms with Crippen molar-refractivity contribution < 1.29 is 13.6 Å². The second kappa shape index (κ2) is 10.2. The highest BCUT2D eigenvalue weighted by Gasteiger charge is 2.32. The molecule has 0 spiro atoms. The van der Waals surface area contributed by atoms with E-state index in [0.717, 1.165) is 30.4 Å². The maximum absolute atomic E-state index is 13.8. The predicted molar refractivity (Wildman–Crippen MR) is 140 cm³/mol. The zero-order valence-electron chi connectivity index (χ0n) is 20.7. The fourth-order valence-electron chi connectivity index (χ4n) is 5.33. The third-order valence-corrected chi connectivity index (χ3v) is 7.40. The molecule has 0 aliphatic carbocycles. The number of hydrogen-bond acceptors (Lipinski definition) is 3. The van der Waals surface area contributed by atoms with Crippen LogP contribution in [-0.4, -0.2) is 47.9 Å². The number of amides is 1. The predicted octanol–water partition coefficient (Wildman–Crippen LogP) is 6.43. The zero-order valence-corrected chi connectivity index (χ0v) is 20.7. The molecular weight excluding hydrogens is 456 g/mol. The van der Waals surface area contributed by atoms with Crippen LogP contribution in [0.2, 0.25) is 0 Å². The summed E-state index contributed by atoms with van der Waals surface area (Å²) in [5.74, 6) is -1.10. The number of hydrogen-bond donors (Lipinski definition) is 0. The maximum Gasteiger partial charge on any atom is 0.254 e. The normalized spacial score (nSPS) is 18.7. The highest BCUT2D eigenvalue weighted by molar-refractivity contribution is 5.95. The van der Waals surface area contributed by atoms with E-state index in [4.69, 9.17) is 0 Å². The largest absolute Gasteiger partial charge is 0.337 e. The van der Waals surface area contributed by atoms with Gasteiger partial charge in [-0.15, -0.1) is 0 Å². The van der Waals surface area contributed by atoms with Gasteiger partial charge >= 0.3 is 0 Å². The Bertz CT molecular complexity index is 1250. The van der Waals surface area contributed by atoms with Gasteiger partial charge < -0.3 is 9.80 Å². The Labute approximate surface area is 211 Å². The molecule has 2 atom stereocenters. The highest BCUT2D eigenvalue weighted by atomic mass is 19.1. The van der Waals surface area contributed by atoms with Crippen molar-refractivity contribution in [2.24, 2.45) is 0 Å². The molecular formula is C30H31F2N3O. The van der Waals surface area contributed by atoms with Gasteiger partial charge in [-0.1, -0.05) is 37.3 Å². The lowest BCUT2D eigenvalue weighted by molar-refractivity contribution is 0.0355. The van der Waals surface area contributed by atoms with Gasteiger partial charge in [0.2, 0.25) is 0 Å². The lowest BCUT2D eigenvalue weighted by atomic mass is 10.0. The first kappa shape index (κ1) is 24.2. The van der Waals surface area contributed by atoms with Crippen molar-refractivity contribution in [3.63, 3.8) is 0 Å². The summed E-state index contributed by atoms with van der Waals surface area (Å²) in [5, 5.41) is 0. The summed E-state index contributed by atoms with van der Waals surface area (Å²) < 4.78 is 27.5. The van der Waals surface area contributed by atoms with Crippen LogP contribution in [0.15, 0.2) is 72.8 Å². The number of rotatable bonds is 5. The van der Waals surface area contributed by atoms with E-state index in [9.17, 15) is 13.6 Å². The summed E-state index contributed by atoms with van der Waals surface area (Å²) in [7, 11) is 0. The zero-order chi connectivity index (χ0) is 25.2. The standard InChI is InChI=1S/C30H31F2N3O/c1-3-27-20-33(21(2)24-17-25(31)19-26(32)18-24)15-16-35(27)30(36)23-10-12-28(13-11-23)34-14-6-8-22-7-4-5-9-29(22)34/h4-13,17-19,21,27H,3,14-16,20H2,1-2H3/t21?,27-/m0/s1. The van der Waals surface area contributed by atoms with Gasteiger partial charge in [-0.25, -0.2) is 8.78 Å². The van der Waals surface area contributed by atoms with Crippen LogP contribution in [0.5, 0.6) is 0 Å². The van der Waals surface area contributed by atoms with Crippen LogP contribution in [0.1, 0.15) is 47.8 Å². The number of para-hydroxylation sites is 1. The lowest BCUT2D eigenvalue weighted by Gasteiger charge is -2.43. The van der Waals surface area contributed by atoms with Crippen molar-refractivity contribution >= 4 is 23.4 Å². The summed E-state index contributed by atoms with van der Waals surface area (Å²) in [6.07, 6.45) is 5.09. The Kier molecular flexibility index (Phi) is 6.88. The molecule has 1 saturated heterocycles. The molecule has 0 saturated carbocycles. The number of carbonyl (C=O) groups is 1. The quantitative estimate of drug-likeness (QED) is 0.415. The molecule has 0 radical (unpaired) electrons. The molecule has 2 aliphatic rings. The average molecular weight is 488 g/mol. The Morgan fingerprint density at radius 3 is 2.44 bits per heavy atom. The first-order chi connectivity index (χ1) is 17.4. The highest BCUT2D eigenvalue weighted by Crippen LogP contribution is 2.33. The van der Waals surface area contributed by atoms with Crippen molar-refractivity contribution in [1.29, 1.82) is 0 Å². The van der Waals surface area contributed by atoms with Gasteiger partial charge in [-0.2, -0.15) is 0 Å². The number of piperazine rings is 1. The monoisotopic (exact) mass is 487 g/mol. The first-order valence-corrected chi connectivity index (χ1v) is 12.6. The number of benzene rings is 3. The number of fused-ring (bicyclic) bond motifs is 1. The minimum absolute atomic E-state index is 0.0245. The van der Waals surface area contributed by atoms with Crippen LogP contribution in [0.4, 0.5) is 20.2 Å². The van der Waals surface area contributed by atoms with Crippen molar-refractivity contribution in [3.05, 3.63) is 101 Å². The third-order valence-electron chi connectivity index (χ3n) is 7.40. The molecule has 2 heterocycles. The van der Waals surface area contributed by atoms with Gasteiger partial charge in [0.1, 0.15) is 11.6 Å². The maximum atomic E-state index is 13.8. The van der Waals surface area contributed by atoms with Gasteiger partial charge in [-0.3, -0.25) is 9.69 Å². The van der Waals surface area contributed by atoms with E-state index >= 15 is 0 Å². The second-order valence-electron chi connectivity index (χ2n) is 9.55. The summed E-state index contributed by atoms with van der Waals surface area (Å²) in [6, 6.07) is 19.7. The molecule has 186 valence electrons. The molecule has 1 fully saturated rings. The summed E-state index contributed by atoms with van der Waals surface area (Å²) in [6.45, 7) is 6.71. The molecule has 0 aromatic heterocycles. The van der Waals surface area contributed by atoms with E-state index < -0.39 is 11.6 Å².